The van der Waals surface area contributed by atoms with Gasteiger partial charge in [-0.25, -0.2) is 0 Å². The highest BCUT2D eigenvalue weighted by atomic mass is 32.1. The normalized spacial score (nSPS) is 13.2. The summed E-state index contributed by atoms with van der Waals surface area (Å²) in [6.45, 7) is 8.39. The Morgan fingerprint density at radius 2 is 2.15 bits per heavy atom. The molecule has 0 bridgehead atoms. The zero-order valence-electron chi connectivity index (χ0n) is 12.6. The fourth-order valence-corrected chi connectivity index (χ4v) is 2.77. The van der Waals surface area contributed by atoms with Gasteiger partial charge in [0.2, 0.25) is 5.91 Å². The van der Waals surface area contributed by atoms with E-state index in [2.05, 4.69) is 5.32 Å². The topological polar surface area (TPSA) is 71.3 Å². The largest absolute Gasteiger partial charge is 0.396 e. The maximum Gasteiger partial charge on any atom is 0.307 e. The standard InChI is InChI=1S/C14H24N2O3S/c1-10-9-20-13(19)16(10)7-5-12(18)15-11(6-8-17)14(2,3)4/h9,11,17H,5-8H2,1-4H3,(H,15,18). The van der Waals surface area contributed by atoms with Gasteiger partial charge >= 0.3 is 4.87 Å². The van der Waals surface area contributed by atoms with Crippen LogP contribution in [0, 0.1) is 12.3 Å². The van der Waals surface area contributed by atoms with Crippen LogP contribution in [0.5, 0.6) is 0 Å². The second-order valence-corrected chi connectivity index (χ2v) is 6.86. The number of nitrogens with zero attached hydrogens (tertiary/aromatic N) is 1. The second kappa shape index (κ2) is 7.04. The van der Waals surface area contributed by atoms with E-state index >= 15 is 0 Å². The predicted molar refractivity (Wildman–Crippen MR) is 81.0 cm³/mol. The zero-order chi connectivity index (χ0) is 15.3. The first-order valence-corrected chi connectivity index (χ1v) is 7.69. The molecule has 1 aromatic heterocycles. The summed E-state index contributed by atoms with van der Waals surface area (Å²) in [6, 6.07) is -0.0692. The summed E-state index contributed by atoms with van der Waals surface area (Å²) >= 11 is 1.15. The molecule has 1 atom stereocenters. The van der Waals surface area contributed by atoms with Crippen molar-refractivity contribution in [2.24, 2.45) is 5.41 Å². The Balaban J connectivity index is 2.57. The SMILES string of the molecule is Cc1csc(=O)n1CCC(=O)NC(CCO)C(C)(C)C. The third-order valence-electron chi connectivity index (χ3n) is 3.34. The van der Waals surface area contributed by atoms with Crippen molar-refractivity contribution in [3.63, 3.8) is 0 Å². The quantitative estimate of drug-likeness (QED) is 0.837. The molecular weight excluding hydrogens is 276 g/mol. The molecule has 5 nitrogen and oxygen atoms in total. The van der Waals surface area contributed by atoms with E-state index in [0.29, 0.717) is 13.0 Å². The lowest BCUT2D eigenvalue weighted by Gasteiger charge is -2.31. The minimum atomic E-state index is -0.104. The lowest BCUT2D eigenvalue weighted by atomic mass is 9.85. The van der Waals surface area contributed by atoms with Crippen LogP contribution in [0.3, 0.4) is 0 Å². The van der Waals surface area contributed by atoms with Crippen LogP contribution < -0.4 is 10.2 Å². The minimum absolute atomic E-state index is 0.0296. The monoisotopic (exact) mass is 300 g/mol. The number of thiazole rings is 1. The predicted octanol–water partition coefficient (Wildman–Crippen LogP) is 1.52. The molecule has 0 aliphatic carbocycles. The van der Waals surface area contributed by atoms with Crippen molar-refractivity contribution in [3.8, 4) is 0 Å². The van der Waals surface area contributed by atoms with E-state index in [1.54, 1.807) is 9.95 Å². The van der Waals surface area contributed by atoms with Crippen molar-refractivity contribution >= 4 is 17.2 Å². The zero-order valence-corrected chi connectivity index (χ0v) is 13.4. The number of aliphatic hydroxyl groups excluding tert-OH is 1. The van der Waals surface area contributed by atoms with E-state index in [9.17, 15) is 9.59 Å². The van der Waals surface area contributed by atoms with E-state index in [1.807, 2.05) is 27.7 Å². The molecule has 1 heterocycles. The van der Waals surface area contributed by atoms with Crippen LogP contribution in [-0.4, -0.2) is 28.2 Å². The molecule has 0 fully saturated rings. The first kappa shape index (κ1) is 16.9. The van der Waals surface area contributed by atoms with Gasteiger partial charge in [0.15, 0.2) is 0 Å². The minimum Gasteiger partial charge on any atom is -0.396 e. The number of aryl methyl sites for hydroxylation is 1. The molecule has 114 valence electrons. The number of nitrogens with one attached hydrogen (secondary N) is 1. The molecule has 0 aliphatic rings. The maximum atomic E-state index is 12.0. The highest BCUT2D eigenvalue weighted by Crippen LogP contribution is 2.21. The fourth-order valence-electron chi connectivity index (χ4n) is 2.01. The summed E-state index contributed by atoms with van der Waals surface area (Å²) in [6.07, 6.45) is 0.808. The van der Waals surface area contributed by atoms with E-state index in [4.69, 9.17) is 5.11 Å². The van der Waals surface area contributed by atoms with Gasteiger partial charge in [-0.3, -0.25) is 9.59 Å². The van der Waals surface area contributed by atoms with Crippen molar-refractivity contribution in [2.75, 3.05) is 6.61 Å². The molecule has 0 spiro atoms. The lowest BCUT2D eigenvalue weighted by molar-refractivity contribution is -0.122. The number of aromatic nitrogens is 1. The average Bonchev–Trinajstić information content (AvgIpc) is 2.65. The van der Waals surface area contributed by atoms with Crippen molar-refractivity contribution < 1.29 is 9.90 Å². The Morgan fingerprint density at radius 3 is 2.60 bits per heavy atom. The van der Waals surface area contributed by atoms with Crippen molar-refractivity contribution in [1.29, 1.82) is 0 Å². The molecule has 1 amide bonds. The van der Waals surface area contributed by atoms with Gasteiger partial charge in [0.25, 0.3) is 0 Å². The number of carbonyl (C=O) groups excluding carboxylic acids is 1. The average molecular weight is 300 g/mol. The van der Waals surface area contributed by atoms with Crippen molar-refractivity contribution in [3.05, 3.63) is 20.7 Å². The van der Waals surface area contributed by atoms with E-state index in [-0.39, 0.29) is 35.3 Å². The molecule has 0 saturated carbocycles. The van der Waals surface area contributed by atoms with Crippen LogP contribution in [0.1, 0.15) is 39.3 Å². The molecule has 0 aromatic carbocycles. The van der Waals surface area contributed by atoms with Crippen LogP contribution >= 0.6 is 11.3 Å². The van der Waals surface area contributed by atoms with Gasteiger partial charge in [0.05, 0.1) is 0 Å². The summed E-state index contributed by atoms with van der Waals surface area (Å²) in [7, 11) is 0. The number of hydrogen-bond donors (Lipinski definition) is 2. The Labute approximate surface area is 123 Å². The van der Waals surface area contributed by atoms with Crippen LogP contribution in [0.15, 0.2) is 10.2 Å². The van der Waals surface area contributed by atoms with Crippen molar-refractivity contribution in [2.45, 2.75) is 53.1 Å². The summed E-state index contributed by atoms with van der Waals surface area (Å²) in [5.74, 6) is -0.0872. The highest BCUT2D eigenvalue weighted by Gasteiger charge is 2.25. The summed E-state index contributed by atoms with van der Waals surface area (Å²) in [5, 5.41) is 13.8. The molecule has 2 N–H and O–H groups in total. The summed E-state index contributed by atoms with van der Waals surface area (Å²) in [5.41, 5.74) is 0.781. The molecule has 1 unspecified atom stereocenters. The van der Waals surface area contributed by atoms with Crippen LogP contribution in [0.4, 0.5) is 0 Å². The lowest BCUT2D eigenvalue weighted by Crippen LogP contribution is -2.44. The molecule has 6 heteroatoms. The van der Waals surface area contributed by atoms with Gasteiger partial charge < -0.3 is 15.0 Å². The van der Waals surface area contributed by atoms with E-state index < -0.39 is 0 Å². The van der Waals surface area contributed by atoms with Gasteiger partial charge in [0.1, 0.15) is 0 Å². The fraction of sp³-hybridized carbons (Fsp3) is 0.714. The summed E-state index contributed by atoms with van der Waals surface area (Å²) in [4.78, 5) is 23.5. The maximum absolute atomic E-state index is 12.0. The number of aliphatic hydroxyl groups is 1. The van der Waals surface area contributed by atoms with Gasteiger partial charge in [-0.15, -0.1) is 0 Å². The van der Waals surface area contributed by atoms with Crippen LogP contribution in [0.25, 0.3) is 0 Å². The highest BCUT2D eigenvalue weighted by molar-refractivity contribution is 7.07. The molecule has 0 saturated heterocycles. The smallest absolute Gasteiger partial charge is 0.307 e. The Bertz CT molecular complexity index is 499. The van der Waals surface area contributed by atoms with Gasteiger partial charge in [-0.2, -0.15) is 0 Å². The molecule has 0 aliphatic heterocycles. The molecule has 0 radical (unpaired) electrons. The third-order valence-corrected chi connectivity index (χ3v) is 4.22. The Kier molecular flexibility index (Phi) is 5.95. The molecular formula is C14H24N2O3S. The number of amides is 1. The molecule has 20 heavy (non-hydrogen) atoms. The number of rotatable bonds is 6. The van der Waals surface area contributed by atoms with Crippen molar-refractivity contribution in [1.82, 2.24) is 9.88 Å². The van der Waals surface area contributed by atoms with Crippen LogP contribution in [0.2, 0.25) is 0 Å². The van der Waals surface area contributed by atoms with E-state index in [1.165, 1.54) is 0 Å². The van der Waals surface area contributed by atoms with Gasteiger partial charge in [-0.05, 0) is 18.8 Å². The first-order valence-electron chi connectivity index (χ1n) is 6.81. The van der Waals surface area contributed by atoms with Crippen LogP contribution in [-0.2, 0) is 11.3 Å². The second-order valence-electron chi connectivity index (χ2n) is 6.04. The summed E-state index contributed by atoms with van der Waals surface area (Å²) < 4.78 is 1.61. The Morgan fingerprint density at radius 1 is 1.50 bits per heavy atom. The Hall–Kier alpha value is -1.14. The molecule has 1 aromatic rings. The van der Waals surface area contributed by atoms with Gasteiger partial charge in [0, 0.05) is 36.7 Å². The number of carbonyl (C=O) groups is 1. The van der Waals surface area contributed by atoms with Gasteiger partial charge in [-0.1, -0.05) is 32.1 Å². The number of hydrogen-bond acceptors (Lipinski definition) is 4. The van der Waals surface area contributed by atoms with E-state index in [0.717, 1.165) is 17.0 Å². The molecule has 1 rings (SSSR count). The first-order chi connectivity index (χ1) is 9.25. The third kappa shape index (κ3) is 4.76.